The number of carbonyl (C=O) groups is 1. The third-order valence-electron chi connectivity index (χ3n) is 2.49. The molecule has 1 unspecified atom stereocenters. The van der Waals surface area contributed by atoms with Gasteiger partial charge in [0.15, 0.2) is 5.69 Å². The summed E-state index contributed by atoms with van der Waals surface area (Å²) in [5.74, 6) is -0.261. The van der Waals surface area contributed by atoms with E-state index >= 15 is 0 Å². The maximum absolute atomic E-state index is 12.0. The van der Waals surface area contributed by atoms with Crippen LogP contribution in [0.3, 0.4) is 0 Å². The molecule has 1 atom stereocenters. The zero-order chi connectivity index (χ0) is 13.8. The van der Waals surface area contributed by atoms with Gasteiger partial charge in [0.25, 0.3) is 5.91 Å². The Morgan fingerprint density at radius 1 is 1.63 bits per heavy atom. The summed E-state index contributed by atoms with van der Waals surface area (Å²) in [6.45, 7) is 4.87. The average Bonchev–Trinajstić information content (AvgIpc) is 2.98. The summed E-state index contributed by atoms with van der Waals surface area (Å²) in [7, 11) is 0. The quantitative estimate of drug-likeness (QED) is 0.830. The standard InChI is InChI=1S/C11H16N6OS/c1-7-5-13-11(19-7)8(2)14-10(18)9-6-17(4-3-12)16-15-9/h5-6,8H,3-4,12H2,1-2H3,(H,14,18). The third kappa shape index (κ3) is 3.36. The molecule has 0 fully saturated rings. The number of carbonyl (C=O) groups excluding carboxylic acids is 1. The van der Waals surface area contributed by atoms with E-state index in [1.54, 1.807) is 28.4 Å². The molecule has 0 spiro atoms. The van der Waals surface area contributed by atoms with Crippen molar-refractivity contribution in [1.29, 1.82) is 0 Å². The van der Waals surface area contributed by atoms with E-state index < -0.39 is 0 Å². The number of hydrogen-bond donors (Lipinski definition) is 2. The summed E-state index contributed by atoms with van der Waals surface area (Å²) in [5, 5.41) is 11.4. The van der Waals surface area contributed by atoms with Crippen molar-refractivity contribution >= 4 is 17.2 Å². The highest BCUT2D eigenvalue weighted by Crippen LogP contribution is 2.19. The maximum Gasteiger partial charge on any atom is 0.274 e. The molecular weight excluding hydrogens is 264 g/mol. The summed E-state index contributed by atoms with van der Waals surface area (Å²) in [6, 6.07) is -0.147. The van der Waals surface area contributed by atoms with Crippen LogP contribution in [0.4, 0.5) is 0 Å². The van der Waals surface area contributed by atoms with E-state index in [4.69, 9.17) is 5.73 Å². The molecular formula is C11H16N6OS. The van der Waals surface area contributed by atoms with Crippen LogP contribution in [-0.2, 0) is 6.54 Å². The number of aromatic nitrogens is 4. The Kier molecular flexibility index (Phi) is 4.23. The van der Waals surface area contributed by atoms with Crippen molar-refractivity contribution in [2.24, 2.45) is 5.73 Å². The topological polar surface area (TPSA) is 98.7 Å². The average molecular weight is 280 g/mol. The molecule has 0 aliphatic heterocycles. The highest BCUT2D eigenvalue weighted by Gasteiger charge is 2.16. The van der Waals surface area contributed by atoms with Crippen LogP contribution in [0, 0.1) is 6.92 Å². The predicted molar refractivity (Wildman–Crippen MR) is 71.8 cm³/mol. The van der Waals surface area contributed by atoms with Crippen LogP contribution in [0.1, 0.15) is 33.3 Å². The summed E-state index contributed by atoms with van der Waals surface area (Å²) in [6.07, 6.45) is 3.38. The monoisotopic (exact) mass is 280 g/mol. The molecule has 0 saturated carbocycles. The lowest BCUT2D eigenvalue weighted by Crippen LogP contribution is -2.26. The minimum Gasteiger partial charge on any atom is -0.342 e. The van der Waals surface area contributed by atoms with E-state index in [1.165, 1.54) is 0 Å². The number of thiazole rings is 1. The van der Waals surface area contributed by atoms with Gasteiger partial charge in [0.05, 0.1) is 18.8 Å². The van der Waals surface area contributed by atoms with Gasteiger partial charge in [0, 0.05) is 17.6 Å². The fourth-order valence-electron chi connectivity index (χ4n) is 1.55. The van der Waals surface area contributed by atoms with Crippen molar-refractivity contribution in [3.8, 4) is 0 Å². The number of hydrogen-bond acceptors (Lipinski definition) is 6. The van der Waals surface area contributed by atoms with Crippen molar-refractivity contribution in [1.82, 2.24) is 25.3 Å². The number of nitrogens with one attached hydrogen (secondary N) is 1. The molecule has 2 aromatic rings. The van der Waals surface area contributed by atoms with E-state index in [-0.39, 0.29) is 17.6 Å². The molecule has 102 valence electrons. The zero-order valence-corrected chi connectivity index (χ0v) is 11.6. The predicted octanol–water partition coefficient (Wildman–Crippen LogP) is 0.493. The fraction of sp³-hybridized carbons (Fsp3) is 0.455. The SMILES string of the molecule is Cc1cnc(C(C)NC(=O)c2cn(CCN)nn2)s1. The van der Waals surface area contributed by atoms with E-state index in [1.807, 2.05) is 13.8 Å². The van der Waals surface area contributed by atoms with Crippen molar-refractivity contribution in [2.45, 2.75) is 26.4 Å². The van der Waals surface area contributed by atoms with Gasteiger partial charge in [-0.05, 0) is 13.8 Å². The molecule has 7 nitrogen and oxygen atoms in total. The fourth-order valence-corrected chi connectivity index (χ4v) is 2.33. The summed E-state index contributed by atoms with van der Waals surface area (Å²) in [4.78, 5) is 17.3. The number of nitrogens with zero attached hydrogens (tertiary/aromatic N) is 4. The Morgan fingerprint density at radius 3 is 3.05 bits per heavy atom. The Morgan fingerprint density at radius 2 is 2.42 bits per heavy atom. The summed E-state index contributed by atoms with van der Waals surface area (Å²) in [5.41, 5.74) is 5.69. The first-order chi connectivity index (χ1) is 9.10. The molecule has 0 aromatic carbocycles. The van der Waals surface area contributed by atoms with Gasteiger partial charge in [-0.3, -0.25) is 9.48 Å². The lowest BCUT2D eigenvalue weighted by molar-refractivity contribution is 0.0934. The number of aryl methyl sites for hydroxylation is 1. The molecule has 3 N–H and O–H groups in total. The minimum atomic E-state index is -0.261. The number of rotatable bonds is 5. The van der Waals surface area contributed by atoms with Gasteiger partial charge >= 0.3 is 0 Å². The first-order valence-corrected chi connectivity index (χ1v) is 6.75. The molecule has 2 heterocycles. The normalized spacial score (nSPS) is 12.4. The highest BCUT2D eigenvalue weighted by molar-refractivity contribution is 7.11. The Labute approximate surface area is 114 Å². The Bertz CT molecular complexity index is 563. The molecule has 1 amide bonds. The molecule has 8 heteroatoms. The largest absolute Gasteiger partial charge is 0.342 e. The first-order valence-electron chi connectivity index (χ1n) is 5.93. The summed E-state index contributed by atoms with van der Waals surface area (Å²) >= 11 is 1.56. The van der Waals surface area contributed by atoms with Crippen LogP contribution in [0.2, 0.25) is 0 Å². The minimum absolute atomic E-state index is 0.147. The molecule has 0 aliphatic carbocycles. The van der Waals surface area contributed by atoms with Gasteiger partial charge < -0.3 is 11.1 Å². The van der Waals surface area contributed by atoms with E-state index in [9.17, 15) is 4.79 Å². The molecule has 0 bridgehead atoms. The molecule has 0 saturated heterocycles. The highest BCUT2D eigenvalue weighted by atomic mass is 32.1. The van der Waals surface area contributed by atoms with Crippen LogP contribution in [0.5, 0.6) is 0 Å². The van der Waals surface area contributed by atoms with Crippen molar-refractivity contribution in [3.05, 3.63) is 28.0 Å². The first kappa shape index (κ1) is 13.6. The molecule has 19 heavy (non-hydrogen) atoms. The number of amides is 1. The number of nitrogens with two attached hydrogens (primary N) is 1. The van der Waals surface area contributed by atoms with Gasteiger partial charge in [-0.25, -0.2) is 4.98 Å². The second-order valence-electron chi connectivity index (χ2n) is 4.16. The molecule has 0 aliphatic rings. The van der Waals surface area contributed by atoms with Gasteiger partial charge in [0.2, 0.25) is 0 Å². The molecule has 0 radical (unpaired) electrons. The molecule has 2 rings (SSSR count). The lowest BCUT2D eigenvalue weighted by Gasteiger charge is -2.09. The van der Waals surface area contributed by atoms with Crippen molar-refractivity contribution in [3.63, 3.8) is 0 Å². The zero-order valence-electron chi connectivity index (χ0n) is 10.8. The van der Waals surface area contributed by atoms with Crippen LogP contribution < -0.4 is 11.1 Å². The van der Waals surface area contributed by atoms with E-state index in [2.05, 4.69) is 20.6 Å². The molecule has 2 aromatic heterocycles. The third-order valence-corrected chi connectivity index (χ3v) is 3.58. The van der Waals surface area contributed by atoms with Crippen molar-refractivity contribution < 1.29 is 4.79 Å². The van der Waals surface area contributed by atoms with Crippen LogP contribution in [0.15, 0.2) is 12.4 Å². The van der Waals surface area contributed by atoms with Crippen LogP contribution in [0.25, 0.3) is 0 Å². The Hall–Kier alpha value is -1.80. The van der Waals surface area contributed by atoms with Gasteiger partial charge in [-0.1, -0.05) is 5.21 Å². The van der Waals surface area contributed by atoms with Gasteiger partial charge in [-0.2, -0.15) is 0 Å². The van der Waals surface area contributed by atoms with Crippen molar-refractivity contribution in [2.75, 3.05) is 6.54 Å². The maximum atomic E-state index is 12.0. The second-order valence-corrected chi connectivity index (χ2v) is 5.43. The van der Waals surface area contributed by atoms with Gasteiger partial charge in [0.1, 0.15) is 5.01 Å². The summed E-state index contributed by atoms with van der Waals surface area (Å²) < 4.78 is 1.55. The van der Waals surface area contributed by atoms with Crippen LogP contribution in [-0.4, -0.2) is 32.4 Å². The van der Waals surface area contributed by atoms with Gasteiger partial charge in [-0.15, -0.1) is 16.4 Å². The Balaban J connectivity index is 1.99. The lowest BCUT2D eigenvalue weighted by atomic mass is 10.3. The van der Waals surface area contributed by atoms with E-state index in [0.29, 0.717) is 13.1 Å². The van der Waals surface area contributed by atoms with Crippen LogP contribution >= 0.6 is 11.3 Å². The van der Waals surface area contributed by atoms with E-state index in [0.717, 1.165) is 9.88 Å². The smallest absolute Gasteiger partial charge is 0.274 e. The second kappa shape index (κ2) is 5.89.